The largest absolute Gasteiger partial charge is 0.868 e. The maximum atomic E-state index is 12.2. The Morgan fingerprint density at radius 3 is 2.52 bits per heavy atom. The summed E-state index contributed by atoms with van der Waals surface area (Å²) in [7, 11) is 0. The highest BCUT2D eigenvalue weighted by Crippen LogP contribution is 2.25. The number of aryl methyl sites for hydroxylation is 1. The lowest BCUT2D eigenvalue weighted by Gasteiger charge is -2.07. The van der Waals surface area contributed by atoms with E-state index in [1.165, 1.54) is 12.1 Å². The first-order chi connectivity index (χ1) is 11.9. The Balaban J connectivity index is 2.24. The van der Waals surface area contributed by atoms with E-state index in [2.05, 4.69) is 5.32 Å². The van der Waals surface area contributed by atoms with E-state index >= 15 is 0 Å². The molecule has 0 aliphatic carbocycles. The first-order valence-corrected chi connectivity index (χ1v) is 7.42. The third-order valence-electron chi connectivity index (χ3n) is 3.48. The highest BCUT2D eigenvalue weighted by atomic mass is 16.6. The molecule has 0 aliphatic heterocycles. The number of amides is 1. The summed E-state index contributed by atoms with van der Waals surface area (Å²) in [6.07, 6.45) is 2.06. The van der Waals surface area contributed by atoms with Crippen molar-refractivity contribution in [1.82, 2.24) is 0 Å². The molecule has 0 bridgehead atoms. The first kappa shape index (κ1) is 17.7. The van der Waals surface area contributed by atoms with Gasteiger partial charge in [0, 0.05) is 11.8 Å². The van der Waals surface area contributed by atoms with Gasteiger partial charge in [-0.2, -0.15) is 5.26 Å². The molecule has 25 heavy (non-hydrogen) atoms. The summed E-state index contributed by atoms with van der Waals surface area (Å²) in [4.78, 5) is 22.2. The molecule has 0 heterocycles. The number of rotatable bonds is 5. The van der Waals surface area contributed by atoms with Crippen molar-refractivity contribution >= 4 is 23.4 Å². The van der Waals surface area contributed by atoms with Crippen molar-refractivity contribution in [2.45, 2.75) is 13.3 Å². The maximum absolute atomic E-state index is 12.2. The zero-order chi connectivity index (χ0) is 18.4. The maximum Gasteiger partial charge on any atom is 0.266 e. The quantitative estimate of drug-likeness (QED) is 0.390. The second-order valence-corrected chi connectivity index (χ2v) is 5.16. The predicted molar refractivity (Wildman–Crippen MR) is 90.6 cm³/mol. The predicted octanol–water partition coefficient (Wildman–Crippen LogP) is 2.78. The van der Waals surface area contributed by atoms with Crippen LogP contribution in [0.15, 0.2) is 48.0 Å². The summed E-state index contributed by atoms with van der Waals surface area (Å²) in [5.74, 6) is -1.37. The number of nitrogens with one attached hydrogen (secondary N) is 1. The molecule has 2 aromatic carbocycles. The molecule has 0 atom stereocenters. The minimum atomic E-state index is -0.804. The van der Waals surface area contributed by atoms with Gasteiger partial charge in [0.2, 0.25) is 0 Å². The summed E-state index contributed by atoms with van der Waals surface area (Å²) in [5, 5.41) is 34.0. The van der Waals surface area contributed by atoms with Gasteiger partial charge in [0.25, 0.3) is 11.6 Å². The van der Waals surface area contributed by atoms with E-state index in [4.69, 9.17) is 0 Å². The number of carbonyl (C=O) groups is 1. The summed E-state index contributed by atoms with van der Waals surface area (Å²) in [6, 6.07) is 12.3. The van der Waals surface area contributed by atoms with E-state index in [1.807, 2.05) is 19.1 Å². The van der Waals surface area contributed by atoms with Crippen LogP contribution in [0.2, 0.25) is 0 Å². The molecule has 0 radical (unpaired) electrons. The lowest BCUT2D eigenvalue weighted by molar-refractivity contribution is -0.398. The molecule has 7 nitrogen and oxygen atoms in total. The Labute approximate surface area is 144 Å². The average molecular weight is 336 g/mol. The molecule has 1 amide bonds. The highest BCUT2D eigenvalue weighted by molar-refractivity contribution is 6.09. The van der Waals surface area contributed by atoms with Crippen LogP contribution in [0.3, 0.4) is 0 Å². The minimum absolute atomic E-state index is 0.222. The Kier molecular flexibility index (Phi) is 5.48. The van der Waals surface area contributed by atoms with Gasteiger partial charge in [0.1, 0.15) is 11.6 Å². The number of nitrogens with zero attached hydrogens (tertiary/aromatic N) is 2. The Morgan fingerprint density at radius 2 is 1.96 bits per heavy atom. The van der Waals surface area contributed by atoms with E-state index in [9.17, 15) is 25.3 Å². The van der Waals surface area contributed by atoms with Gasteiger partial charge in [0.15, 0.2) is 0 Å². The average Bonchev–Trinajstić information content (AvgIpc) is 2.61. The summed E-state index contributed by atoms with van der Waals surface area (Å²) in [6.45, 7) is 2.01. The molecule has 0 aromatic heterocycles. The highest BCUT2D eigenvalue weighted by Gasteiger charge is 2.12. The van der Waals surface area contributed by atoms with Gasteiger partial charge in [-0.1, -0.05) is 31.2 Å². The second-order valence-electron chi connectivity index (χ2n) is 5.16. The molecule has 2 rings (SSSR count). The van der Waals surface area contributed by atoms with Crippen LogP contribution >= 0.6 is 0 Å². The number of benzene rings is 2. The minimum Gasteiger partial charge on any atom is -0.868 e. The fourth-order valence-corrected chi connectivity index (χ4v) is 2.10. The molecule has 0 unspecified atom stereocenters. The number of nitriles is 1. The SMILES string of the molecule is CCc1ccc(NC(=O)/C(C#N)=C\c2ccc([O-])c([N+](=O)[O-])c2)cc1. The molecule has 0 spiro atoms. The molecular formula is C18H14N3O4-. The van der Waals surface area contributed by atoms with Crippen LogP contribution < -0.4 is 10.4 Å². The fourth-order valence-electron chi connectivity index (χ4n) is 2.10. The van der Waals surface area contributed by atoms with Gasteiger partial charge in [-0.15, -0.1) is 0 Å². The standard InChI is InChI=1S/C18H15N3O4/c1-2-12-3-6-15(7-4-12)20-18(23)14(11-19)9-13-5-8-17(22)16(10-13)21(24)25/h3-10,22H,2H2,1H3,(H,20,23)/p-1/b14-9-. The zero-order valence-electron chi connectivity index (χ0n) is 13.4. The zero-order valence-corrected chi connectivity index (χ0v) is 13.4. The molecule has 1 N–H and O–H groups in total. The smallest absolute Gasteiger partial charge is 0.266 e. The van der Waals surface area contributed by atoms with E-state index in [0.717, 1.165) is 24.1 Å². The molecule has 0 saturated heterocycles. The van der Waals surface area contributed by atoms with Crippen LogP contribution in [0.5, 0.6) is 5.75 Å². The summed E-state index contributed by atoms with van der Waals surface area (Å²) >= 11 is 0. The third-order valence-corrected chi connectivity index (χ3v) is 3.48. The Hall–Kier alpha value is -3.66. The number of nitro groups is 1. The molecule has 126 valence electrons. The third kappa shape index (κ3) is 4.42. The van der Waals surface area contributed by atoms with E-state index in [0.29, 0.717) is 5.69 Å². The second kappa shape index (κ2) is 7.75. The van der Waals surface area contributed by atoms with E-state index in [-0.39, 0.29) is 11.1 Å². The van der Waals surface area contributed by atoms with Gasteiger partial charge in [-0.05, 0) is 41.5 Å². The molecular weight excluding hydrogens is 322 g/mol. The van der Waals surface area contributed by atoms with Crippen molar-refractivity contribution in [3.8, 4) is 11.8 Å². The number of hydrogen-bond acceptors (Lipinski definition) is 5. The van der Waals surface area contributed by atoms with Crippen LogP contribution in [-0.4, -0.2) is 10.8 Å². The van der Waals surface area contributed by atoms with Crippen molar-refractivity contribution in [3.63, 3.8) is 0 Å². The van der Waals surface area contributed by atoms with Crippen molar-refractivity contribution < 1.29 is 14.8 Å². The van der Waals surface area contributed by atoms with Gasteiger partial charge in [0.05, 0.1) is 4.92 Å². The molecule has 0 fully saturated rings. The molecule has 0 aliphatic rings. The van der Waals surface area contributed by atoms with Gasteiger partial charge in [-0.3, -0.25) is 14.9 Å². The first-order valence-electron chi connectivity index (χ1n) is 7.42. The van der Waals surface area contributed by atoms with Crippen molar-refractivity contribution in [2.75, 3.05) is 5.32 Å². The lowest BCUT2D eigenvalue weighted by atomic mass is 10.1. The number of anilines is 1. The monoisotopic (exact) mass is 336 g/mol. The van der Waals surface area contributed by atoms with E-state index in [1.54, 1.807) is 18.2 Å². The van der Waals surface area contributed by atoms with Crippen LogP contribution in [0.4, 0.5) is 11.4 Å². The van der Waals surface area contributed by atoms with Gasteiger partial charge in [-0.25, -0.2) is 0 Å². The fraction of sp³-hybridized carbons (Fsp3) is 0.111. The van der Waals surface area contributed by atoms with Crippen molar-refractivity contribution in [2.24, 2.45) is 0 Å². The van der Waals surface area contributed by atoms with Crippen LogP contribution in [0, 0.1) is 21.4 Å². The lowest BCUT2D eigenvalue weighted by Crippen LogP contribution is -2.13. The molecule has 7 heteroatoms. The van der Waals surface area contributed by atoms with Crippen molar-refractivity contribution in [3.05, 3.63) is 69.3 Å². The number of carbonyl (C=O) groups excluding carboxylic acids is 1. The van der Waals surface area contributed by atoms with Gasteiger partial charge >= 0.3 is 0 Å². The Morgan fingerprint density at radius 1 is 1.28 bits per heavy atom. The summed E-state index contributed by atoms with van der Waals surface area (Å²) in [5.41, 5.74) is 1.02. The van der Waals surface area contributed by atoms with Gasteiger partial charge < -0.3 is 10.4 Å². The van der Waals surface area contributed by atoms with Crippen molar-refractivity contribution in [1.29, 1.82) is 5.26 Å². The topological polar surface area (TPSA) is 119 Å². The van der Waals surface area contributed by atoms with E-state index < -0.39 is 22.3 Å². The Bertz CT molecular complexity index is 880. The normalized spacial score (nSPS) is 10.8. The van der Waals surface area contributed by atoms with Crippen LogP contribution in [0.1, 0.15) is 18.1 Å². The van der Waals surface area contributed by atoms with Crippen LogP contribution in [-0.2, 0) is 11.2 Å². The number of hydrogen-bond donors (Lipinski definition) is 1. The summed E-state index contributed by atoms with van der Waals surface area (Å²) < 4.78 is 0. The van der Waals surface area contributed by atoms with Crippen LogP contribution in [0.25, 0.3) is 6.08 Å². The number of nitro benzene ring substituents is 1. The molecule has 2 aromatic rings. The molecule has 0 saturated carbocycles.